The van der Waals surface area contributed by atoms with Gasteiger partial charge in [0.25, 0.3) is 0 Å². The molecule has 0 aliphatic heterocycles. The molecule has 0 saturated carbocycles. The van der Waals surface area contributed by atoms with Crippen molar-refractivity contribution in [3.8, 4) is 11.9 Å². The maximum Gasteiger partial charge on any atom is 0.214 e. The molecule has 0 N–H and O–H groups in total. The van der Waals surface area contributed by atoms with E-state index >= 15 is 0 Å². The lowest BCUT2D eigenvalue weighted by atomic mass is 10.2. The van der Waals surface area contributed by atoms with Crippen LogP contribution >= 0.6 is 0 Å². The van der Waals surface area contributed by atoms with E-state index in [1.807, 2.05) is 36.4 Å². The third kappa shape index (κ3) is 1.64. The summed E-state index contributed by atoms with van der Waals surface area (Å²) in [5.41, 5.74) is 0.878. The Morgan fingerprint density at radius 1 is 1.21 bits per heavy atom. The van der Waals surface area contributed by atoms with Gasteiger partial charge in [0, 0.05) is 11.5 Å². The largest absolute Gasteiger partial charge is 0.462 e. The molecule has 1 heterocycles. The van der Waals surface area contributed by atoms with Crippen LogP contribution in [0, 0.1) is 11.3 Å². The fourth-order valence-electron chi connectivity index (χ4n) is 1.23. The summed E-state index contributed by atoms with van der Waals surface area (Å²) in [6.07, 6.45) is 0. The van der Waals surface area contributed by atoms with E-state index in [4.69, 9.17) is 10.00 Å². The molecular weight excluding hydrogens is 176 g/mol. The number of rotatable bonds is 2. The molecular formula is C11H8N2O. The molecule has 0 atom stereocenters. The summed E-state index contributed by atoms with van der Waals surface area (Å²) in [7, 11) is 0. The van der Waals surface area contributed by atoms with Crippen molar-refractivity contribution in [3.63, 3.8) is 0 Å². The number of nitrogens with zero attached hydrogens (tertiary/aromatic N) is 2. The highest BCUT2D eigenvalue weighted by Gasteiger charge is 1.97. The van der Waals surface area contributed by atoms with Crippen LogP contribution < -0.4 is 4.74 Å². The molecule has 0 saturated heterocycles. The smallest absolute Gasteiger partial charge is 0.214 e. The molecule has 0 radical (unpaired) electrons. The summed E-state index contributed by atoms with van der Waals surface area (Å²) in [6.45, 7) is 0.0331. The summed E-state index contributed by atoms with van der Waals surface area (Å²) < 4.78 is 5.09. The Labute approximate surface area is 81.6 Å². The van der Waals surface area contributed by atoms with Crippen LogP contribution in [0.25, 0.3) is 10.9 Å². The number of hydrogen-bond donors (Lipinski definition) is 0. The van der Waals surface area contributed by atoms with Crippen molar-refractivity contribution < 1.29 is 4.74 Å². The van der Waals surface area contributed by atoms with E-state index in [0.29, 0.717) is 5.88 Å². The lowest BCUT2D eigenvalue weighted by Crippen LogP contribution is -1.95. The summed E-state index contributed by atoms with van der Waals surface area (Å²) in [5.74, 6) is 0.491. The third-order valence-electron chi connectivity index (χ3n) is 1.86. The van der Waals surface area contributed by atoms with Gasteiger partial charge in [0.2, 0.25) is 5.88 Å². The maximum absolute atomic E-state index is 8.34. The molecule has 0 amide bonds. The van der Waals surface area contributed by atoms with Crippen LogP contribution in [-0.4, -0.2) is 11.6 Å². The SMILES string of the molecule is N#CCOc1ccc2ccccc2n1. The maximum atomic E-state index is 8.34. The molecule has 14 heavy (non-hydrogen) atoms. The fourth-order valence-corrected chi connectivity index (χ4v) is 1.23. The Bertz CT molecular complexity index is 488. The summed E-state index contributed by atoms with van der Waals surface area (Å²) in [4.78, 5) is 4.24. The van der Waals surface area contributed by atoms with Crippen LogP contribution in [0.4, 0.5) is 0 Å². The van der Waals surface area contributed by atoms with Crippen LogP contribution in [0.1, 0.15) is 0 Å². The Morgan fingerprint density at radius 3 is 2.93 bits per heavy atom. The number of hydrogen-bond acceptors (Lipinski definition) is 3. The van der Waals surface area contributed by atoms with Gasteiger partial charge in [-0.1, -0.05) is 18.2 Å². The quantitative estimate of drug-likeness (QED) is 0.718. The second kappa shape index (κ2) is 3.75. The predicted molar refractivity (Wildman–Crippen MR) is 52.9 cm³/mol. The highest BCUT2D eigenvalue weighted by Crippen LogP contribution is 2.15. The summed E-state index contributed by atoms with van der Waals surface area (Å²) >= 11 is 0. The first-order chi connectivity index (χ1) is 6.90. The number of ether oxygens (including phenoxy) is 1. The van der Waals surface area contributed by atoms with E-state index < -0.39 is 0 Å². The van der Waals surface area contributed by atoms with Gasteiger partial charge in [-0.2, -0.15) is 5.26 Å². The van der Waals surface area contributed by atoms with Crippen LogP contribution in [0.3, 0.4) is 0 Å². The van der Waals surface area contributed by atoms with Crippen molar-refractivity contribution >= 4 is 10.9 Å². The number of para-hydroxylation sites is 1. The van der Waals surface area contributed by atoms with Gasteiger partial charge in [0.05, 0.1) is 5.52 Å². The number of nitriles is 1. The van der Waals surface area contributed by atoms with Crippen molar-refractivity contribution in [1.82, 2.24) is 4.98 Å². The number of benzene rings is 1. The van der Waals surface area contributed by atoms with E-state index in [1.54, 1.807) is 6.07 Å². The normalized spacial score (nSPS) is 9.64. The molecule has 3 nitrogen and oxygen atoms in total. The highest BCUT2D eigenvalue weighted by molar-refractivity contribution is 5.78. The van der Waals surface area contributed by atoms with Gasteiger partial charge in [-0.15, -0.1) is 0 Å². The number of fused-ring (bicyclic) bond motifs is 1. The van der Waals surface area contributed by atoms with Crippen molar-refractivity contribution in [3.05, 3.63) is 36.4 Å². The van der Waals surface area contributed by atoms with E-state index in [2.05, 4.69) is 4.98 Å². The summed E-state index contributed by atoms with van der Waals surface area (Å²) in [6, 6.07) is 13.4. The molecule has 0 aliphatic carbocycles. The first-order valence-corrected chi connectivity index (χ1v) is 4.26. The molecule has 3 heteroatoms. The van der Waals surface area contributed by atoms with Gasteiger partial charge < -0.3 is 4.74 Å². The van der Waals surface area contributed by atoms with E-state index in [1.165, 1.54) is 0 Å². The minimum absolute atomic E-state index is 0.0331. The Morgan fingerprint density at radius 2 is 2.07 bits per heavy atom. The standard InChI is InChI=1S/C11H8N2O/c12-7-8-14-11-6-5-9-3-1-2-4-10(9)13-11/h1-6H,8H2. The second-order valence-corrected chi connectivity index (χ2v) is 2.79. The van der Waals surface area contributed by atoms with E-state index in [0.717, 1.165) is 10.9 Å². The molecule has 0 unspecified atom stereocenters. The van der Waals surface area contributed by atoms with Gasteiger partial charge in [0.1, 0.15) is 6.07 Å². The Kier molecular flexibility index (Phi) is 2.28. The minimum atomic E-state index is 0.0331. The van der Waals surface area contributed by atoms with Crippen LogP contribution in [0.15, 0.2) is 36.4 Å². The molecule has 68 valence electrons. The lowest BCUT2D eigenvalue weighted by Gasteiger charge is -2.01. The van der Waals surface area contributed by atoms with Crippen molar-refractivity contribution in [2.75, 3.05) is 6.61 Å². The second-order valence-electron chi connectivity index (χ2n) is 2.79. The Hall–Kier alpha value is -2.08. The van der Waals surface area contributed by atoms with Crippen molar-refractivity contribution in [1.29, 1.82) is 5.26 Å². The first kappa shape index (κ1) is 8.52. The van der Waals surface area contributed by atoms with Crippen LogP contribution in [-0.2, 0) is 0 Å². The van der Waals surface area contributed by atoms with Gasteiger partial charge in [-0.25, -0.2) is 4.98 Å². The van der Waals surface area contributed by atoms with E-state index in [9.17, 15) is 0 Å². The number of aromatic nitrogens is 1. The molecule has 0 aliphatic rings. The molecule has 0 spiro atoms. The third-order valence-corrected chi connectivity index (χ3v) is 1.86. The average Bonchev–Trinajstić information content (AvgIpc) is 2.26. The monoisotopic (exact) mass is 184 g/mol. The summed E-state index contributed by atoms with van der Waals surface area (Å²) in [5, 5.41) is 9.40. The van der Waals surface area contributed by atoms with Crippen LogP contribution in [0.2, 0.25) is 0 Å². The predicted octanol–water partition coefficient (Wildman–Crippen LogP) is 2.14. The molecule has 2 aromatic rings. The van der Waals surface area contributed by atoms with Gasteiger partial charge >= 0.3 is 0 Å². The fraction of sp³-hybridized carbons (Fsp3) is 0.0909. The molecule has 1 aromatic carbocycles. The average molecular weight is 184 g/mol. The van der Waals surface area contributed by atoms with Crippen LogP contribution in [0.5, 0.6) is 5.88 Å². The lowest BCUT2D eigenvalue weighted by molar-refractivity contribution is 0.355. The topological polar surface area (TPSA) is 45.9 Å². The zero-order valence-corrected chi connectivity index (χ0v) is 7.47. The molecule has 0 bridgehead atoms. The highest BCUT2D eigenvalue weighted by atomic mass is 16.5. The molecule has 1 aromatic heterocycles. The van der Waals surface area contributed by atoms with Gasteiger partial charge in [-0.3, -0.25) is 0 Å². The minimum Gasteiger partial charge on any atom is -0.462 e. The zero-order chi connectivity index (χ0) is 9.80. The van der Waals surface area contributed by atoms with E-state index in [-0.39, 0.29) is 6.61 Å². The number of pyridine rings is 1. The van der Waals surface area contributed by atoms with Crippen molar-refractivity contribution in [2.24, 2.45) is 0 Å². The van der Waals surface area contributed by atoms with Gasteiger partial charge in [-0.05, 0) is 12.1 Å². The first-order valence-electron chi connectivity index (χ1n) is 4.26. The zero-order valence-electron chi connectivity index (χ0n) is 7.47. The molecule has 0 fully saturated rings. The molecule has 2 rings (SSSR count). The van der Waals surface area contributed by atoms with Gasteiger partial charge in [0.15, 0.2) is 6.61 Å². The Balaban J connectivity index is 2.37. The van der Waals surface area contributed by atoms with Crippen molar-refractivity contribution in [2.45, 2.75) is 0 Å².